The summed E-state index contributed by atoms with van der Waals surface area (Å²) < 4.78 is 15.8. The number of ether oxygens (including phenoxy) is 3. The van der Waals surface area contributed by atoms with Crippen LogP contribution in [-0.2, 0) is 11.3 Å². The summed E-state index contributed by atoms with van der Waals surface area (Å²) in [7, 11) is 5.01. The zero-order valence-electron chi connectivity index (χ0n) is 15.9. The number of methoxy groups -OCH3 is 2. The number of nitrogens with one attached hydrogen (secondary N) is 2. The molecule has 0 aliphatic carbocycles. The molecule has 27 heavy (non-hydrogen) atoms. The second-order valence-electron chi connectivity index (χ2n) is 5.48. The molecule has 2 aromatic rings. The lowest BCUT2D eigenvalue weighted by Gasteiger charge is -2.13. The molecule has 8 heteroatoms. The smallest absolute Gasteiger partial charge is 0.212 e. The first-order valence-electron chi connectivity index (χ1n) is 8.43. The van der Waals surface area contributed by atoms with Crippen LogP contribution in [0.25, 0.3) is 0 Å². The van der Waals surface area contributed by atoms with Crippen molar-refractivity contribution in [3.05, 3.63) is 48.2 Å². The standard InChI is InChI=1S/C19H26N4O3.HI/c1-20-19(22-14-15-8-9-18(25-3)21-13-15)23-16-6-4-7-17(12-16)26-11-5-10-24-2;/h4,6-9,12-13H,5,10-11,14H2,1-3H3,(H2,20,22,23);1H. The van der Waals surface area contributed by atoms with E-state index in [4.69, 9.17) is 14.2 Å². The Morgan fingerprint density at radius 1 is 1.15 bits per heavy atom. The molecule has 148 valence electrons. The second kappa shape index (κ2) is 13.2. The number of rotatable bonds is 9. The largest absolute Gasteiger partial charge is 0.493 e. The average molecular weight is 486 g/mol. The van der Waals surface area contributed by atoms with E-state index in [1.54, 1.807) is 27.5 Å². The molecule has 0 unspecified atom stereocenters. The summed E-state index contributed by atoms with van der Waals surface area (Å²) in [4.78, 5) is 8.43. The molecule has 0 atom stereocenters. The summed E-state index contributed by atoms with van der Waals surface area (Å²) in [6.45, 7) is 1.91. The van der Waals surface area contributed by atoms with Crippen molar-refractivity contribution in [1.82, 2.24) is 10.3 Å². The molecule has 1 aromatic heterocycles. The van der Waals surface area contributed by atoms with Crippen LogP contribution in [0, 0.1) is 0 Å². The molecule has 2 N–H and O–H groups in total. The highest BCUT2D eigenvalue weighted by Crippen LogP contribution is 2.17. The van der Waals surface area contributed by atoms with Crippen molar-refractivity contribution >= 4 is 35.6 Å². The van der Waals surface area contributed by atoms with Gasteiger partial charge in [0.15, 0.2) is 5.96 Å². The predicted octanol–water partition coefficient (Wildman–Crippen LogP) is 3.31. The van der Waals surface area contributed by atoms with Crippen molar-refractivity contribution in [2.45, 2.75) is 13.0 Å². The van der Waals surface area contributed by atoms with Gasteiger partial charge in [0, 0.05) is 57.7 Å². The van der Waals surface area contributed by atoms with Crippen molar-refractivity contribution in [3.8, 4) is 11.6 Å². The molecule has 0 saturated heterocycles. The predicted molar refractivity (Wildman–Crippen MR) is 118 cm³/mol. The van der Waals surface area contributed by atoms with E-state index in [0.29, 0.717) is 31.6 Å². The SMILES string of the molecule is CN=C(NCc1ccc(OC)nc1)Nc1cccc(OCCCOC)c1.I. The fraction of sp³-hybridized carbons (Fsp3) is 0.368. The van der Waals surface area contributed by atoms with Crippen LogP contribution in [0.3, 0.4) is 0 Å². The van der Waals surface area contributed by atoms with E-state index in [1.807, 2.05) is 36.4 Å². The van der Waals surface area contributed by atoms with Crippen LogP contribution in [0.5, 0.6) is 11.6 Å². The van der Waals surface area contributed by atoms with Gasteiger partial charge < -0.3 is 24.8 Å². The van der Waals surface area contributed by atoms with Crippen molar-refractivity contribution in [2.75, 3.05) is 39.8 Å². The quantitative estimate of drug-likeness (QED) is 0.245. The van der Waals surface area contributed by atoms with Gasteiger partial charge >= 0.3 is 0 Å². The molecule has 2 rings (SSSR count). The number of aromatic nitrogens is 1. The maximum absolute atomic E-state index is 5.71. The number of aliphatic imine (C=N–C) groups is 1. The number of pyridine rings is 1. The zero-order chi connectivity index (χ0) is 18.6. The van der Waals surface area contributed by atoms with Gasteiger partial charge in [-0.15, -0.1) is 24.0 Å². The minimum atomic E-state index is 0. The first kappa shape index (κ1) is 23.0. The van der Waals surface area contributed by atoms with Gasteiger partial charge in [-0.1, -0.05) is 12.1 Å². The first-order valence-corrected chi connectivity index (χ1v) is 8.43. The molecule has 1 heterocycles. The van der Waals surface area contributed by atoms with Gasteiger partial charge in [0.25, 0.3) is 0 Å². The summed E-state index contributed by atoms with van der Waals surface area (Å²) in [5.74, 6) is 2.07. The third-order valence-corrected chi connectivity index (χ3v) is 3.55. The normalized spacial score (nSPS) is 10.7. The minimum absolute atomic E-state index is 0. The number of hydrogen-bond donors (Lipinski definition) is 2. The van der Waals surface area contributed by atoms with Gasteiger partial charge in [0.1, 0.15) is 5.75 Å². The van der Waals surface area contributed by atoms with E-state index in [0.717, 1.165) is 23.4 Å². The Balaban J connectivity index is 0.00000364. The number of anilines is 1. The Hall–Kier alpha value is -2.07. The maximum Gasteiger partial charge on any atom is 0.212 e. The molecule has 1 aromatic carbocycles. The van der Waals surface area contributed by atoms with Crippen LogP contribution in [0.4, 0.5) is 5.69 Å². The lowest BCUT2D eigenvalue weighted by atomic mass is 10.3. The molecule has 0 aliphatic rings. The maximum atomic E-state index is 5.71. The summed E-state index contributed by atoms with van der Waals surface area (Å²) >= 11 is 0. The molecule has 0 fully saturated rings. The average Bonchev–Trinajstić information content (AvgIpc) is 2.69. The monoisotopic (exact) mass is 486 g/mol. The Bertz CT molecular complexity index is 696. The fourth-order valence-electron chi connectivity index (χ4n) is 2.19. The van der Waals surface area contributed by atoms with Gasteiger partial charge in [-0.2, -0.15) is 0 Å². The van der Waals surface area contributed by atoms with Gasteiger partial charge in [0.05, 0.1) is 13.7 Å². The Kier molecular flexibility index (Phi) is 11.2. The Labute approximate surface area is 177 Å². The summed E-state index contributed by atoms with van der Waals surface area (Å²) in [5.41, 5.74) is 1.93. The molecule has 0 spiro atoms. The minimum Gasteiger partial charge on any atom is -0.493 e. The molecule has 0 amide bonds. The van der Waals surface area contributed by atoms with Crippen molar-refractivity contribution < 1.29 is 14.2 Å². The number of nitrogens with zero attached hydrogens (tertiary/aromatic N) is 2. The van der Waals surface area contributed by atoms with Crippen molar-refractivity contribution in [3.63, 3.8) is 0 Å². The molecule has 7 nitrogen and oxygen atoms in total. The van der Waals surface area contributed by atoms with Crippen LogP contribution in [0.2, 0.25) is 0 Å². The van der Waals surface area contributed by atoms with E-state index < -0.39 is 0 Å². The summed E-state index contributed by atoms with van der Waals surface area (Å²) in [6.07, 6.45) is 2.63. The van der Waals surface area contributed by atoms with Crippen molar-refractivity contribution in [2.24, 2.45) is 4.99 Å². The lowest BCUT2D eigenvalue weighted by Crippen LogP contribution is -2.30. The van der Waals surface area contributed by atoms with E-state index in [-0.39, 0.29) is 24.0 Å². The third kappa shape index (κ3) is 8.44. The molecular weight excluding hydrogens is 459 g/mol. The van der Waals surface area contributed by atoms with E-state index in [1.165, 1.54) is 0 Å². The number of hydrogen-bond acceptors (Lipinski definition) is 5. The van der Waals surface area contributed by atoms with Gasteiger partial charge in [0.2, 0.25) is 5.88 Å². The van der Waals surface area contributed by atoms with Crippen LogP contribution >= 0.6 is 24.0 Å². The van der Waals surface area contributed by atoms with Crippen LogP contribution in [-0.4, -0.2) is 45.4 Å². The van der Waals surface area contributed by atoms with Gasteiger partial charge in [-0.25, -0.2) is 4.98 Å². The van der Waals surface area contributed by atoms with Gasteiger partial charge in [-0.3, -0.25) is 4.99 Å². The first-order chi connectivity index (χ1) is 12.7. The Morgan fingerprint density at radius 3 is 2.67 bits per heavy atom. The Morgan fingerprint density at radius 2 is 2.00 bits per heavy atom. The topological polar surface area (TPSA) is 77.0 Å². The molecule has 0 radical (unpaired) electrons. The number of halogens is 1. The molecular formula is C19H27IN4O3. The van der Waals surface area contributed by atoms with E-state index in [9.17, 15) is 0 Å². The fourth-order valence-corrected chi connectivity index (χ4v) is 2.19. The highest BCUT2D eigenvalue weighted by molar-refractivity contribution is 14.0. The van der Waals surface area contributed by atoms with Crippen LogP contribution in [0.15, 0.2) is 47.6 Å². The van der Waals surface area contributed by atoms with Crippen LogP contribution < -0.4 is 20.1 Å². The van der Waals surface area contributed by atoms with E-state index in [2.05, 4.69) is 20.6 Å². The van der Waals surface area contributed by atoms with E-state index >= 15 is 0 Å². The molecule has 0 aliphatic heterocycles. The highest BCUT2D eigenvalue weighted by atomic mass is 127. The third-order valence-electron chi connectivity index (χ3n) is 3.55. The zero-order valence-corrected chi connectivity index (χ0v) is 18.2. The lowest BCUT2D eigenvalue weighted by molar-refractivity contribution is 0.172. The second-order valence-corrected chi connectivity index (χ2v) is 5.48. The van der Waals surface area contributed by atoms with Gasteiger partial charge in [-0.05, 0) is 17.7 Å². The molecule has 0 bridgehead atoms. The summed E-state index contributed by atoms with van der Waals surface area (Å²) in [6, 6.07) is 11.6. The van der Waals surface area contributed by atoms with Crippen molar-refractivity contribution in [1.29, 1.82) is 0 Å². The molecule has 0 saturated carbocycles. The number of benzene rings is 1. The highest BCUT2D eigenvalue weighted by Gasteiger charge is 2.02. The van der Waals surface area contributed by atoms with Crippen LogP contribution in [0.1, 0.15) is 12.0 Å². The summed E-state index contributed by atoms with van der Waals surface area (Å²) in [5, 5.41) is 6.50. The number of guanidine groups is 1.